The van der Waals surface area contributed by atoms with Crippen molar-refractivity contribution in [1.29, 1.82) is 0 Å². The van der Waals surface area contributed by atoms with E-state index < -0.39 is 0 Å². The largest absolute Gasteiger partial charge is 0.392 e. The van der Waals surface area contributed by atoms with E-state index in [0.717, 1.165) is 18.4 Å². The molecule has 1 heteroatoms. The molecule has 0 aliphatic heterocycles. The Kier molecular flexibility index (Phi) is 6.64. The van der Waals surface area contributed by atoms with Crippen LogP contribution in [0, 0.1) is 0 Å². The van der Waals surface area contributed by atoms with Crippen LogP contribution in [0.15, 0.2) is 43.0 Å². The summed E-state index contributed by atoms with van der Waals surface area (Å²) in [5.74, 6) is 0.0674. The van der Waals surface area contributed by atoms with E-state index >= 15 is 0 Å². The molecule has 0 saturated heterocycles. The smallest absolute Gasteiger partial charge is 0.0643 e. The van der Waals surface area contributed by atoms with Gasteiger partial charge >= 0.3 is 0 Å². The fourth-order valence-electron chi connectivity index (χ4n) is 2.15. The predicted octanol–water partition coefficient (Wildman–Crippen LogP) is 4.29. The number of hydrogen-bond acceptors (Lipinski definition) is 1. The predicted molar refractivity (Wildman–Crippen MR) is 74.1 cm³/mol. The van der Waals surface area contributed by atoms with Crippen LogP contribution in [0.1, 0.15) is 50.5 Å². The van der Waals surface area contributed by atoms with Crippen LogP contribution in [0.25, 0.3) is 0 Å². The van der Waals surface area contributed by atoms with E-state index in [0.29, 0.717) is 0 Å². The first-order valence-electron chi connectivity index (χ1n) is 6.65. The van der Waals surface area contributed by atoms with E-state index in [-0.39, 0.29) is 12.0 Å². The summed E-state index contributed by atoms with van der Waals surface area (Å²) in [6.07, 6.45) is 7.24. The number of unbranched alkanes of at least 4 members (excludes halogenated alkanes) is 3. The van der Waals surface area contributed by atoms with Crippen molar-refractivity contribution in [3.8, 4) is 0 Å². The summed E-state index contributed by atoms with van der Waals surface area (Å²) in [6, 6.07) is 10.1. The number of hydrogen-bond donors (Lipinski definition) is 1. The topological polar surface area (TPSA) is 20.2 Å². The van der Waals surface area contributed by atoms with Gasteiger partial charge in [-0.2, -0.15) is 0 Å². The molecule has 0 bridgehead atoms. The Hall–Kier alpha value is -1.08. The van der Waals surface area contributed by atoms with Gasteiger partial charge in [-0.25, -0.2) is 0 Å². The molecule has 0 spiro atoms. The van der Waals surface area contributed by atoms with Gasteiger partial charge in [-0.15, -0.1) is 6.58 Å². The van der Waals surface area contributed by atoms with E-state index in [4.69, 9.17) is 0 Å². The standard InChI is InChI=1S/C16H24O/c1-3-5-6-10-13-16(17)15(4-2)14-11-8-7-9-12-14/h4,7-9,11-12,15-17H,2-3,5-6,10,13H2,1H3/t15-,16+/m0/s1. The third kappa shape index (κ3) is 4.74. The van der Waals surface area contributed by atoms with Crippen LogP contribution < -0.4 is 0 Å². The van der Waals surface area contributed by atoms with Gasteiger partial charge in [0.05, 0.1) is 6.10 Å². The number of aliphatic hydroxyl groups is 1. The van der Waals surface area contributed by atoms with E-state index in [1.165, 1.54) is 19.3 Å². The third-order valence-electron chi connectivity index (χ3n) is 3.21. The molecular weight excluding hydrogens is 208 g/mol. The van der Waals surface area contributed by atoms with Gasteiger partial charge in [0.15, 0.2) is 0 Å². The molecule has 0 aromatic heterocycles. The molecule has 0 radical (unpaired) electrons. The normalized spacial score (nSPS) is 14.2. The number of aliphatic hydroxyl groups excluding tert-OH is 1. The summed E-state index contributed by atoms with van der Waals surface area (Å²) in [5.41, 5.74) is 1.16. The highest BCUT2D eigenvalue weighted by atomic mass is 16.3. The average Bonchev–Trinajstić information content (AvgIpc) is 2.37. The molecule has 0 heterocycles. The van der Waals surface area contributed by atoms with Crippen molar-refractivity contribution in [2.75, 3.05) is 0 Å². The van der Waals surface area contributed by atoms with Crippen LogP contribution in [0.4, 0.5) is 0 Å². The number of benzene rings is 1. The molecule has 2 atom stereocenters. The molecule has 0 fully saturated rings. The highest BCUT2D eigenvalue weighted by Gasteiger charge is 2.16. The second kappa shape index (κ2) is 8.08. The minimum atomic E-state index is -0.299. The summed E-state index contributed by atoms with van der Waals surface area (Å²) in [7, 11) is 0. The van der Waals surface area contributed by atoms with Crippen LogP contribution in [0.5, 0.6) is 0 Å². The quantitative estimate of drug-likeness (QED) is 0.523. The molecule has 0 unspecified atom stereocenters. The second-order valence-corrected chi connectivity index (χ2v) is 4.59. The summed E-state index contributed by atoms with van der Waals surface area (Å²) in [6.45, 7) is 6.04. The lowest BCUT2D eigenvalue weighted by atomic mass is 9.90. The molecule has 0 aliphatic carbocycles. The minimum absolute atomic E-state index is 0.0674. The van der Waals surface area contributed by atoms with Gasteiger partial charge in [0.25, 0.3) is 0 Å². The zero-order valence-corrected chi connectivity index (χ0v) is 10.8. The third-order valence-corrected chi connectivity index (χ3v) is 3.21. The Balaban J connectivity index is 2.47. The molecule has 0 saturated carbocycles. The molecule has 94 valence electrons. The lowest BCUT2D eigenvalue weighted by Crippen LogP contribution is -2.16. The summed E-state index contributed by atoms with van der Waals surface area (Å²) < 4.78 is 0. The first-order valence-corrected chi connectivity index (χ1v) is 6.65. The Morgan fingerprint density at radius 3 is 2.47 bits per heavy atom. The zero-order valence-electron chi connectivity index (χ0n) is 10.8. The average molecular weight is 232 g/mol. The molecule has 0 amide bonds. The second-order valence-electron chi connectivity index (χ2n) is 4.59. The van der Waals surface area contributed by atoms with E-state index in [9.17, 15) is 5.11 Å². The molecule has 1 N–H and O–H groups in total. The molecule has 1 aromatic carbocycles. The van der Waals surface area contributed by atoms with Crippen LogP contribution in [-0.4, -0.2) is 11.2 Å². The summed E-state index contributed by atoms with van der Waals surface area (Å²) in [5, 5.41) is 10.2. The highest BCUT2D eigenvalue weighted by molar-refractivity contribution is 5.24. The Morgan fingerprint density at radius 2 is 1.88 bits per heavy atom. The van der Waals surface area contributed by atoms with Gasteiger partial charge in [-0.05, 0) is 12.0 Å². The van der Waals surface area contributed by atoms with Crippen LogP contribution in [0.3, 0.4) is 0 Å². The Morgan fingerprint density at radius 1 is 1.18 bits per heavy atom. The van der Waals surface area contributed by atoms with Crippen LogP contribution in [-0.2, 0) is 0 Å². The summed E-state index contributed by atoms with van der Waals surface area (Å²) >= 11 is 0. The molecule has 0 aliphatic rings. The zero-order chi connectivity index (χ0) is 12.5. The van der Waals surface area contributed by atoms with Gasteiger partial charge in [0, 0.05) is 5.92 Å². The minimum Gasteiger partial charge on any atom is -0.392 e. The van der Waals surface area contributed by atoms with E-state index in [2.05, 4.69) is 25.6 Å². The first kappa shape index (κ1) is 14.0. The van der Waals surface area contributed by atoms with Crippen molar-refractivity contribution in [3.63, 3.8) is 0 Å². The molecule has 1 nitrogen and oxygen atoms in total. The van der Waals surface area contributed by atoms with Crippen molar-refractivity contribution in [1.82, 2.24) is 0 Å². The van der Waals surface area contributed by atoms with E-state index in [1.54, 1.807) is 0 Å². The SMILES string of the molecule is C=C[C@@H](c1ccccc1)[C@H](O)CCCCCC. The van der Waals surface area contributed by atoms with Crippen LogP contribution in [0.2, 0.25) is 0 Å². The van der Waals surface area contributed by atoms with Crippen molar-refractivity contribution < 1.29 is 5.11 Å². The maximum absolute atomic E-state index is 10.2. The van der Waals surface area contributed by atoms with Crippen molar-refractivity contribution >= 4 is 0 Å². The lowest BCUT2D eigenvalue weighted by Gasteiger charge is -2.20. The summed E-state index contributed by atoms with van der Waals surface area (Å²) in [4.78, 5) is 0. The molecular formula is C16H24O. The maximum Gasteiger partial charge on any atom is 0.0643 e. The van der Waals surface area contributed by atoms with Gasteiger partial charge in [0.1, 0.15) is 0 Å². The Bertz CT molecular complexity index is 305. The first-order chi connectivity index (χ1) is 8.29. The molecule has 17 heavy (non-hydrogen) atoms. The highest BCUT2D eigenvalue weighted by Crippen LogP contribution is 2.24. The van der Waals surface area contributed by atoms with Crippen LogP contribution >= 0.6 is 0 Å². The molecule has 1 rings (SSSR count). The fourth-order valence-corrected chi connectivity index (χ4v) is 2.15. The number of rotatable bonds is 8. The van der Waals surface area contributed by atoms with Gasteiger partial charge in [-0.1, -0.05) is 69.0 Å². The van der Waals surface area contributed by atoms with Crippen molar-refractivity contribution in [2.24, 2.45) is 0 Å². The lowest BCUT2D eigenvalue weighted by molar-refractivity contribution is 0.145. The maximum atomic E-state index is 10.2. The van der Waals surface area contributed by atoms with Gasteiger partial charge in [0.2, 0.25) is 0 Å². The fraction of sp³-hybridized carbons (Fsp3) is 0.500. The Labute approximate surface area is 105 Å². The molecule has 1 aromatic rings. The van der Waals surface area contributed by atoms with Crippen molar-refractivity contribution in [2.45, 2.75) is 51.0 Å². The van der Waals surface area contributed by atoms with E-state index in [1.807, 2.05) is 24.3 Å². The van der Waals surface area contributed by atoms with Crippen molar-refractivity contribution in [3.05, 3.63) is 48.6 Å². The van der Waals surface area contributed by atoms with Gasteiger partial charge < -0.3 is 5.11 Å². The monoisotopic (exact) mass is 232 g/mol. The van der Waals surface area contributed by atoms with Gasteiger partial charge in [-0.3, -0.25) is 0 Å².